The Morgan fingerprint density at radius 3 is 2.71 bits per heavy atom. The summed E-state index contributed by atoms with van der Waals surface area (Å²) in [4.78, 5) is 17.3. The Bertz CT molecular complexity index is 1110. The number of aryl methyl sites for hydroxylation is 1. The van der Waals surface area contributed by atoms with Gasteiger partial charge in [-0.1, -0.05) is 28.6 Å². The number of hydrogen-bond acceptors (Lipinski definition) is 7. The van der Waals surface area contributed by atoms with Crippen LogP contribution in [0.4, 0.5) is 5.69 Å². The number of carbonyl (C=O) groups is 1. The molecule has 0 bridgehead atoms. The van der Waals surface area contributed by atoms with Gasteiger partial charge >= 0.3 is 0 Å². The lowest BCUT2D eigenvalue weighted by atomic mass is 10.2. The number of anilines is 1. The molecular weight excluding hydrogens is 360 g/mol. The summed E-state index contributed by atoms with van der Waals surface area (Å²) >= 11 is 0. The van der Waals surface area contributed by atoms with Crippen molar-refractivity contribution < 1.29 is 14.1 Å². The average molecular weight is 376 g/mol. The standard InChI is InChI=1S/C19H16N6O3/c1-12-17(25(24-23-12)14-6-4-3-5-7-14)18(26)21-16-9-8-15(22-19(16)27-2)13-10-20-28-11-13/h3-11H,1-2H3,(H,21,26). The molecule has 140 valence electrons. The highest BCUT2D eigenvalue weighted by molar-refractivity contribution is 6.04. The molecule has 4 rings (SSSR count). The molecule has 9 heteroatoms. The molecule has 0 unspecified atom stereocenters. The summed E-state index contributed by atoms with van der Waals surface area (Å²) in [5.41, 5.74) is 3.32. The Balaban J connectivity index is 1.65. The molecule has 1 aromatic carbocycles. The Morgan fingerprint density at radius 1 is 1.18 bits per heavy atom. The molecule has 0 aliphatic heterocycles. The summed E-state index contributed by atoms with van der Waals surface area (Å²) in [6.07, 6.45) is 3.03. The van der Waals surface area contributed by atoms with Crippen molar-refractivity contribution in [2.45, 2.75) is 6.92 Å². The van der Waals surface area contributed by atoms with Gasteiger partial charge in [0, 0.05) is 0 Å². The van der Waals surface area contributed by atoms with Crippen molar-refractivity contribution in [3.63, 3.8) is 0 Å². The number of nitrogens with one attached hydrogen (secondary N) is 1. The van der Waals surface area contributed by atoms with E-state index in [0.29, 0.717) is 28.3 Å². The van der Waals surface area contributed by atoms with Crippen LogP contribution in [0.1, 0.15) is 16.2 Å². The molecule has 0 aliphatic rings. The van der Waals surface area contributed by atoms with Crippen LogP contribution in [0.25, 0.3) is 16.9 Å². The van der Waals surface area contributed by atoms with Crippen LogP contribution in [-0.2, 0) is 0 Å². The maximum atomic E-state index is 13.0. The third-order valence-corrected chi connectivity index (χ3v) is 4.08. The van der Waals surface area contributed by atoms with Gasteiger partial charge in [0.05, 0.1) is 35.9 Å². The van der Waals surface area contributed by atoms with Gasteiger partial charge in [-0.05, 0) is 31.2 Å². The minimum atomic E-state index is -0.371. The molecule has 3 aromatic heterocycles. The van der Waals surface area contributed by atoms with Crippen LogP contribution in [0, 0.1) is 6.92 Å². The summed E-state index contributed by atoms with van der Waals surface area (Å²) in [7, 11) is 1.48. The molecule has 0 saturated carbocycles. The molecule has 28 heavy (non-hydrogen) atoms. The quantitative estimate of drug-likeness (QED) is 0.570. The smallest absolute Gasteiger partial charge is 0.276 e. The number of hydrogen-bond donors (Lipinski definition) is 1. The molecule has 0 saturated heterocycles. The zero-order valence-corrected chi connectivity index (χ0v) is 15.2. The van der Waals surface area contributed by atoms with Gasteiger partial charge in [0.15, 0.2) is 5.69 Å². The van der Waals surface area contributed by atoms with E-state index in [9.17, 15) is 4.79 Å². The van der Waals surface area contributed by atoms with Gasteiger partial charge in [0.2, 0.25) is 5.88 Å². The SMILES string of the molecule is COc1nc(-c2cnoc2)ccc1NC(=O)c1c(C)nnn1-c1ccccc1. The van der Waals surface area contributed by atoms with E-state index < -0.39 is 0 Å². The van der Waals surface area contributed by atoms with E-state index in [1.54, 1.807) is 25.3 Å². The molecule has 0 atom stereocenters. The van der Waals surface area contributed by atoms with Crippen molar-refractivity contribution >= 4 is 11.6 Å². The number of rotatable bonds is 5. The third-order valence-electron chi connectivity index (χ3n) is 4.08. The van der Waals surface area contributed by atoms with Gasteiger partial charge in [-0.2, -0.15) is 0 Å². The van der Waals surface area contributed by atoms with Crippen LogP contribution in [0.3, 0.4) is 0 Å². The van der Waals surface area contributed by atoms with Crippen LogP contribution in [-0.4, -0.2) is 38.2 Å². The van der Waals surface area contributed by atoms with Crippen molar-refractivity contribution in [3.05, 3.63) is 66.3 Å². The number of methoxy groups -OCH3 is 1. The first-order chi connectivity index (χ1) is 13.7. The topological polar surface area (TPSA) is 108 Å². The van der Waals surface area contributed by atoms with Gasteiger partial charge < -0.3 is 14.6 Å². The lowest BCUT2D eigenvalue weighted by Gasteiger charge is -2.11. The highest BCUT2D eigenvalue weighted by atomic mass is 16.5. The number of aromatic nitrogens is 5. The van der Waals surface area contributed by atoms with E-state index in [1.165, 1.54) is 18.1 Å². The van der Waals surface area contributed by atoms with Gasteiger partial charge in [-0.3, -0.25) is 4.79 Å². The molecule has 0 aliphatic carbocycles. The Morgan fingerprint density at radius 2 is 2.00 bits per heavy atom. The second kappa shape index (κ2) is 7.31. The van der Waals surface area contributed by atoms with Gasteiger partial charge in [-0.25, -0.2) is 9.67 Å². The maximum Gasteiger partial charge on any atom is 0.276 e. The van der Waals surface area contributed by atoms with Crippen molar-refractivity contribution in [2.24, 2.45) is 0 Å². The first kappa shape index (κ1) is 17.4. The molecule has 9 nitrogen and oxygen atoms in total. The fourth-order valence-corrected chi connectivity index (χ4v) is 2.73. The minimum Gasteiger partial charge on any atom is -0.479 e. The summed E-state index contributed by atoms with van der Waals surface area (Å²) in [5.74, 6) is -0.104. The number of nitrogens with zero attached hydrogens (tertiary/aromatic N) is 5. The van der Waals surface area contributed by atoms with Crippen LogP contribution in [0.5, 0.6) is 5.88 Å². The van der Waals surface area contributed by atoms with E-state index in [-0.39, 0.29) is 11.8 Å². The van der Waals surface area contributed by atoms with E-state index in [0.717, 1.165) is 5.69 Å². The fourth-order valence-electron chi connectivity index (χ4n) is 2.73. The molecule has 3 heterocycles. The first-order valence-corrected chi connectivity index (χ1v) is 8.41. The van der Waals surface area contributed by atoms with E-state index >= 15 is 0 Å². The number of pyridine rings is 1. The van der Waals surface area contributed by atoms with Gasteiger partial charge in [0.25, 0.3) is 5.91 Å². The normalized spacial score (nSPS) is 10.6. The zero-order chi connectivity index (χ0) is 19.5. The molecular formula is C19H16N6O3. The lowest BCUT2D eigenvalue weighted by Crippen LogP contribution is -2.18. The highest BCUT2D eigenvalue weighted by Gasteiger charge is 2.21. The lowest BCUT2D eigenvalue weighted by molar-refractivity contribution is 0.101. The maximum absolute atomic E-state index is 13.0. The van der Waals surface area contributed by atoms with E-state index in [2.05, 4.69) is 25.8 Å². The van der Waals surface area contributed by atoms with Crippen molar-refractivity contribution in [1.82, 2.24) is 25.1 Å². The average Bonchev–Trinajstić information content (AvgIpc) is 3.39. The van der Waals surface area contributed by atoms with Crippen LogP contribution < -0.4 is 10.1 Å². The summed E-state index contributed by atoms with van der Waals surface area (Å²) in [6.45, 7) is 1.73. The first-order valence-electron chi connectivity index (χ1n) is 8.41. The second-order valence-electron chi connectivity index (χ2n) is 5.89. The van der Waals surface area contributed by atoms with E-state index in [4.69, 9.17) is 9.26 Å². The van der Waals surface area contributed by atoms with E-state index in [1.807, 2.05) is 30.3 Å². The largest absolute Gasteiger partial charge is 0.479 e. The number of benzene rings is 1. The summed E-state index contributed by atoms with van der Waals surface area (Å²) in [5, 5.41) is 14.6. The Hall–Kier alpha value is -4.01. The van der Waals surface area contributed by atoms with Crippen molar-refractivity contribution in [1.29, 1.82) is 0 Å². The second-order valence-corrected chi connectivity index (χ2v) is 5.89. The van der Waals surface area contributed by atoms with Gasteiger partial charge in [0.1, 0.15) is 12.0 Å². The Labute approximate surface area is 160 Å². The molecule has 1 N–H and O–H groups in total. The fraction of sp³-hybridized carbons (Fsp3) is 0.105. The van der Waals surface area contributed by atoms with Crippen LogP contribution in [0.15, 0.2) is 59.4 Å². The Kier molecular flexibility index (Phi) is 4.55. The third kappa shape index (κ3) is 3.20. The summed E-state index contributed by atoms with van der Waals surface area (Å²) < 4.78 is 11.7. The molecule has 0 spiro atoms. The monoisotopic (exact) mass is 376 g/mol. The molecule has 0 fully saturated rings. The molecule has 1 amide bonds. The predicted molar refractivity (Wildman–Crippen MR) is 100 cm³/mol. The number of para-hydroxylation sites is 1. The minimum absolute atomic E-state index is 0.267. The summed E-state index contributed by atoms with van der Waals surface area (Å²) in [6, 6.07) is 12.8. The number of ether oxygens (including phenoxy) is 1. The molecule has 4 aromatic rings. The number of amides is 1. The highest BCUT2D eigenvalue weighted by Crippen LogP contribution is 2.27. The van der Waals surface area contributed by atoms with Crippen molar-refractivity contribution in [2.75, 3.05) is 12.4 Å². The van der Waals surface area contributed by atoms with Crippen molar-refractivity contribution in [3.8, 4) is 22.8 Å². The number of carbonyl (C=O) groups excluding carboxylic acids is 1. The predicted octanol–water partition coefficient (Wildman–Crippen LogP) is 2.89. The van der Waals surface area contributed by atoms with Crippen LogP contribution in [0.2, 0.25) is 0 Å². The molecule has 0 radical (unpaired) electrons. The van der Waals surface area contributed by atoms with Crippen LogP contribution >= 0.6 is 0 Å². The van der Waals surface area contributed by atoms with Gasteiger partial charge in [-0.15, -0.1) is 5.10 Å². The zero-order valence-electron chi connectivity index (χ0n) is 15.2.